The summed E-state index contributed by atoms with van der Waals surface area (Å²) in [6.07, 6.45) is 2.92. The van der Waals surface area contributed by atoms with Gasteiger partial charge in [-0.1, -0.05) is 0 Å². The Balaban J connectivity index is 1.52. The molecular formula is C21H27N5O3S. The van der Waals surface area contributed by atoms with Crippen LogP contribution in [0.3, 0.4) is 0 Å². The number of benzene rings is 1. The second-order valence-electron chi connectivity index (χ2n) is 7.91. The average molecular weight is 430 g/mol. The lowest BCUT2D eigenvalue weighted by Gasteiger charge is -2.35. The molecule has 0 radical (unpaired) electrons. The van der Waals surface area contributed by atoms with Crippen molar-refractivity contribution in [3.63, 3.8) is 0 Å². The number of aromatic nitrogens is 3. The van der Waals surface area contributed by atoms with Crippen molar-refractivity contribution in [2.45, 2.75) is 37.2 Å². The van der Waals surface area contributed by atoms with Crippen molar-refractivity contribution in [2.24, 2.45) is 7.05 Å². The topological polar surface area (TPSA) is 80.4 Å². The number of carbonyl (C=O) groups is 1. The zero-order valence-electron chi connectivity index (χ0n) is 17.7. The summed E-state index contributed by atoms with van der Waals surface area (Å²) in [6.45, 7) is 3.58. The summed E-state index contributed by atoms with van der Waals surface area (Å²) in [7, 11) is 1.39. The monoisotopic (exact) mass is 429 g/mol. The fourth-order valence-electron chi connectivity index (χ4n) is 4.11. The van der Waals surface area contributed by atoms with Crippen molar-refractivity contribution >= 4 is 27.0 Å². The molecule has 0 spiro atoms. The lowest BCUT2D eigenvalue weighted by atomic mass is 10.1. The molecule has 3 heterocycles. The minimum absolute atomic E-state index is 0.0560. The van der Waals surface area contributed by atoms with Gasteiger partial charge in [-0.15, -0.1) is 0 Å². The maximum atomic E-state index is 12.9. The second kappa shape index (κ2) is 7.55. The highest BCUT2D eigenvalue weighted by atomic mass is 32.2. The van der Waals surface area contributed by atoms with E-state index < -0.39 is 10.0 Å². The molecule has 1 aromatic carbocycles. The van der Waals surface area contributed by atoms with Crippen molar-refractivity contribution < 1.29 is 13.2 Å². The molecule has 0 saturated heterocycles. The van der Waals surface area contributed by atoms with Crippen LogP contribution in [0.5, 0.6) is 0 Å². The molecule has 0 saturated carbocycles. The van der Waals surface area contributed by atoms with Crippen LogP contribution in [0, 0.1) is 0 Å². The number of fused-ring (bicyclic) bond motifs is 2. The molecule has 30 heavy (non-hydrogen) atoms. The average Bonchev–Trinajstić information content (AvgIpc) is 3.31. The van der Waals surface area contributed by atoms with E-state index in [2.05, 4.69) is 28.7 Å². The minimum Gasteiger partial charge on any atom is -0.348 e. The highest BCUT2D eigenvalue weighted by molar-refractivity contribution is 7.89. The molecule has 0 fully saturated rings. The van der Waals surface area contributed by atoms with Crippen molar-refractivity contribution in [1.29, 1.82) is 0 Å². The van der Waals surface area contributed by atoms with Crippen LogP contribution >= 0.6 is 0 Å². The van der Waals surface area contributed by atoms with Gasteiger partial charge in [0.2, 0.25) is 15.9 Å². The number of rotatable bonds is 5. The van der Waals surface area contributed by atoms with Crippen LogP contribution in [0.25, 0.3) is 11.0 Å². The third-order valence-electron chi connectivity index (χ3n) is 5.95. The largest absolute Gasteiger partial charge is 0.348 e. The number of aryl methyl sites for hydroxylation is 2. The summed E-state index contributed by atoms with van der Waals surface area (Å²) in [5, 5.41) is 0. The number of nitrogens with zero attached hydrogens (tertiary/aromatic N) is 5. The highest BCUT2D eigenvalue weighted by Crippen LogP contribution is 2.26. The summed E-state index contributed by atoms with van der Waals surface area (Å²) in [5.41, 5.74) is 2.62. The van der Waals surface area contributed by atoms with E-state index >= 15 is 0 Å². The van der Waals surface area contributed by atoms with Crippen molar-refractivity contribution in [3.8, 4) is 0 Å². The molecule has 160 valence electrons. The zero-order valence-corrected chi connectivity index (χ0v) is 18.6. The quantitative estimate of drug-likeness (QED) is 0.623. The predicted molar refractivity (Wildman–Crippen MR) is 114 cm³/mol. The van der Waals surface area contributed by atoms with E-state index in [4.69, 9.17) is 0 Å². The van der Waals surface area contributed by atoms with Crippen molar-refractivity contribution in [3.05, 3.63) is 48.0 Å². The van der Waals surface area contributed by atoms with Crippen LogP contribution in [0.4, 0.5) is 0 Å². The van der Waals surface area contributed by atoms with Gasteiger partial charge in [-0.25, -0.2) is 17.7 Å². The van der Waals surface area contributed by atoms with Crippen LogP contribution in [0.15, 0.2) is 41.4 Å². The summed E-state index contributed by atoms with van der Waals surface area (Å²) in [4.78, 5) is 19.7. The number of amides is 1. The Labute approximate surface area is 176 Å². The van der Waals surface area contributed by atoms with Gasteiger partial charge >= 0.3 is 0 Å². The third kappa shape index (κ3) is 3.41. The highest BCUT2D eigenvalue weighted by Gasteiger charge is 2.27. The maximum Gasteiger partial charge on any atom is 0.242 e. The van der Waals surface area contributed by atoms with Gasteiger partial charge < -0.3 is 14.0 Å². The van der Waals surface area contributed by atoms with Crippen molar-refractivity contribution in [1.82, 2.24) is 23.3 Å². The van der Waals surface area contributed by atoms with Crippen LogP contribution in [0.1, 0.15) is 30.9 Å². The molecule has 1 amide bonds. The van der Waals surface area contributed by atoms with E-state index in [1.807, 2.05) is 22.6 Å². The van der Waals surface area contributed by atoms with E-state index in [1.54, 1.807) is 18.2 Å². The summed E-state index contributed by atoms with van der Waals surface area (Å²) in [5.74, 6) is 0.878. The molecule has 0 unspecified atom stereocenters. The number of carbonyl (C=O) groups excluding carboxylic acids is 1. The molecule has 1 aliphatic rings. The van der Waals surface area contributed by atoms with Gasteiger partial charge in [0.05, 0.1) is 22.0 Å². The molecule has 0 aliphatic carbocycles. The first-order valence-electron chi connectivity index (χ1n) is 10.0. The second-order valence-corrected chi connectivity index (χ2v) is 10.1. The molecular weight excluding hydrogens is 402 g/mol. The summed E-state index contributed by atoms with van der Waals surface area (Å²) in [6, 6.07) is 9.10. The molecule has 3 aromatic rings. The van der Waals surface area contributed by atoms with Gasteiger partial charge in [0.25, 0.3) is 0 Å². The zero-order chi connectivity index (χ0) is 21.6. The smallest absolute Gasteiger partial charge is 0.242 e. The van der Waals surface area contributed by atoms with Gasteiger partial charge in [-0.05, 0) is 37.3 Å². The Morgan fingerprint density at radius 2 is 2.00 bits per heavy atom. The first kappa shape index (κ1) is 20.6. The molecule has 9 heteroatoms. The fourth-order valence-corrected chi connectivity index (χ4v) is 5.03. The maximum absolute atomic E-state index is 12.9. The SMILES string of the molecule is C[C@@H]1c2cccn2CCN1C(=O)CCc1nc2cc(S(=O)(=O)N(C)C)ccc2n1C. The molecule has 8 nitrogen and oxygen atoms in total. The molecule has 2 aromatic heterocycles. The molecule has 0 N–H and O–H groups in total. The van der Waals surface area contributed by atoms with E-state index in [-0.39, 0.29) is 16.8 Å². The van der Waals surface area contributed by atoms with Crippen LogP contribution in [0.2, 0.25) is 0 Å². The molecule has 0 bridgehead atoms. The number of sulfonamides is 1. The van der Waals surface area contributed by atoms with Crippen LogP contribution in [-0.4, -0.2) is 58.3 Å². The van der Waals surface area contributed by atoms with Gasteiger partial charge in [-0.3, -0.25) is 4.79 Å². The predicted octanol–water partition coefficient (Wildman–Crippen LogP) is 2.16. The molecule has 1 aliphatic heterocycles. The Morgan fingerprint density at radius 1 is 1.23 bits per heavy atom. The first-order chi connectivity index (χ1) is 14.2. The van der Waals surface area contributed by atoms with Gasteiger partial charge in [0.15, 0.2) is 0 Å². The molecule has 4 rings (SSSR count). The van der Waals surface area contributed by atoms with Crippen LogP contribution in [-0.2, 0) is 34.8 Å². The van der Waals surface area contributed by atoms with E-state index in [1.165, 1.54) is 18.4 Å². The number of hydrogen-bond acceptors (Lipinski definition) is 4. The van der Waals surface area contributed by atoms with Gasteiger partial charge in [0, 0.05) is 59.0 Å². The Bertz CT molecular complexity index is 1210. The number of hydrogen-bond donors (Lipinski definition) is 0. The fraction of sp³-hybridized carbons (Fsp3) is 0.429. The van der Waals surface area contributed by atoms with Crippen LogP contribution < -0.4 is 0 Å². The Kier molecular flexibility index (Phi) is 5.19. The van der Waals surface area contributed by atoms with E-state index in [9.17, 15) is 13.2 Å². The first-order valence-corrected chi connectivity index (χ1v) is 11.5. The van der Waals surface area contributed by atoms with Gasteiger partial charge in [0.1, 0.15) is 5.82 Å². The van der Waals surface area contributed by atoms with E-state index in [0.29, 0.717) is 24.9 Å². The Hall–Kier alpha value is -2.65. The Morgan fingerprint density at radius 3 is 2.73 bits per heavy atom. The molecule has 1 atom stereocenters. The summed E-state index contributed by atoms with van der Waals surface area (Å²) >= 11 is 0. The van der Waals surface area contributed by atoms with E-state index in [0.717, 1.165) is 23.6 Å². The standard InChI is InChI=1S/C21H27N5O3S/c1-15-18-6-5-11-25(18)12-13-26(15)21(27)10-9-20-22-17-14-16(30(28,29)23(2)3)7-8-19(17)24(20)4/h5-8,11,14-15H,9-10,12-13H2,1-4H3/t15-/m1/s1. The summed E-state index contributed by atoms with van der Waals surface area (Å²) < 4.78 is 30.1. The number of imidazole rings is 1. The third-order valence-corrected chi connectivity index (χ3v) is 7.76. The van der Waals surface area contributed by atoms with Gasteiger partial charge in [-0.2, -0.15) is 0 Å². The lowest BCUT2D eigenvalue weighted by molar-refractivity contribution is -0.134. The minimum atomic E-state index is -3.52. The van der Waals surface area contributed by atoms with Crippen molar-refractivity contribution in [2.75, 3.05) is 20.6 Å². The normalized spacial score (nSPS) is 17.0. The lowest BCUT2D eigenvalue weighted by Crippen LogP contribution is -2.40.